The molecule has 0 rings (SSSR count). The number of carbonyl (C=O) groups is 1. The van der Waals surface area contributed by atoms with Gasteiger partial charge in [0.1, 0.15) is 0 Å². The predicted molar refractivity (Wildman–Crippen MR) is 44.9 cm³/mol. The molecule has 0 aromatic heterocycles. The smallest absolute Gasteiger partial charge is 1.00 e. The third kappa shape index (κ3) is 10.6. The van der Waals surface area contributed by atoms with Crippen molar-refractivity contribution in [3.05, 3.63) is 0 Å². The van der Waals surface area contributed by atoms with Crippen molar-refractivity contribution in [3.63, 3.8) is 0 Å². The summed E-state index contributed by atoms with van der Waals surface area (Å²) >= 11 is 0. The van der Waals surface area contributed by atoms with Crippen LogP contribution in [0.1, 0.15) is 34.5 Å². The molecule has 0 aliphatic rings. The van der Waals surface area contributed by atoms with Crippen molar-refractivity contribution in [3.8, 4) is 0 Å². The van der Waals surface area contributed by atoms with Crippen LogP contribution in [0.4, 0.5) is 0 Å². The molecule has 1 atom stereocenters. The summed E-state index contributed by atoms with van der Waals surface area (Å²) < 4.78 is 15.3. The molecular formula is C7H15NaO3P+. The average molecular weight is 201 g/mol. The van der Waals surface area contributed by atoms with Crippen LogP contribution in [0, 0.1) is 0 Å². The number of rotatable bonds is 5. The van der Waals surface area contributed by atoms with Gasteiger partial charge in [-0.1, -0.05) is 13.3 Å². The minimum atomic E-state index is -1.73. The van der Waals surface area contributed by atoms with Crippen LogP contribution in [0.5, 0.6) is 0 Å². The molecule has 66 valence electrons. The van der Waals surface area contributed by atoms with Crippen molar-refractivity contribution in [2.24, 2.45) is 0 Å². The largest absolute Gasteiger partial charge is 1.00 e. The summed E-state index contributed by atoms with van der Waals surface area (Å²) in [6, 6.07) is 0. The topological polar surface area (TPSA) is 43.4 Å². The Morgan fingerprint density at radius 2 is 2.08 bits per heavy atom. The monoisotopic (exact) mass is 201 g/mol. The van der Waals surface area contributed by atoms with E-state index in [0.29, 0.717) is 6.16 Å². The first-order valence-corrected chi connectivity index (χ1v) is 5.16. The predicted octanol–water partition coefficient (Wildman–Crippen LogP) is -0.401. The van der Waals surface area contributed by atoms with Crippen LogP contribution in [0.3, 0.4) is 0 Å². The van der Waals surface area contributed by atoms with E-state index in [2.05, 4.69) is 11.4 Å². The van der Waals surface area contributed by atoms with E-state index >= 15 is 0 Å². The average Bonchev–Trinajstić information content (AvgIpc) is 1.86. The van der Waals surface area contributed by atoms with Crippen LogP contribution in [-0.4, -0.2) is 12.1 Å². The minimum absolute atomic E-state index is 0. The van der Waals surface area contributed by atoms with Crippen molar-refractivity contribution < 1.29 is 44.9 Å². The Bertz CT molecular complexity index is 155. The van der Waals surface area contributed by atoms with Crippen LogP contribution >= 0.6 is 8.03 Å². The Morgan fingerprint density at radius 1 is 1.50 bits per heavy atom. The maximum Gasteiger partial charge on any atom is 1.00 e. The second-order valence-electron chi connectivity index (χ2n) is 2.35. The Morgan fingerprint density at radius 3 is 2.50 bits per heavy atom. The minimum Gasteiger partial charge on any atom is -1.00 e. The van der Waals surface area contributed by atoms with E-state index in [-0.39, 0.29) is 31.0 Å². The van der Waals surface area contributed by atoms with Gasteiger partial charge in [-0.2, -0.15) is 0 Å². The second kappa shape index (κ2) is 9.66. The molecule has 0 saturated carbocycles. The number of carbonyl (C=O) groups excluding carboxylic acids is 1. The SMILES string of the molecule is CCCCC[P+](=O)OC(C)=O.[H-].[Na+]. The van der Waals surface area contributed by atoms with E-state index in [1.807, 2.05) is 0 Å². The molecule has 0 aliphatic carbocycles. The first kappa shape index (κ1) is 15.1. The second-order valence-corrected chi connectivity index (χ2v) is 3.64. The van der Waals surface area contributed by atoms with Gasteiger partial charge in [0.2, 0.25) is 0 Å². The zero-order chi connectivity index (χ0) is 8.69. The Balaban J connectivity index is -0.000000500. The standard InChI is InChI=1S/C7H14O3P.Na.H/c1-3-4-5-6-11(9)10-7(2)8;;/h3-6H2,1-2H3;;/q2*+1;-1. The Kier molecular flexibility index (Phi) is 12.1. The third-order valence-electron chi connectivity index (χ3n) is 1.17. The van der Waals surface area contributed by atoms with Crippen molar-refractivity contribution in [1.29, 1.82) is 0 Å². The third-order valence-corrected chi connectivity index (χ3v) is 2.32. The van der Waals surface area contributed by atoms with Gasteiger partial charge in [-0.25, -0.2) is 9.32 Å². The van der Waals surface area contributed by atoms with Crippen LogP contribution < -0.4 is 29.6 Å². The van der Waals surface area contributed by atoms with Crippen molar-refractivity contribution in [2.45, 2.75) is 33.1 Å². The number of hydrogen-bond donors (Lipinski definition) is 0. The maximum absolute atomic E-state index is 10.8. The zero-order valence-corrected chi connectivity index (χ0v) is 10.9. The molecule has 0 spiro atoms. The van der Waals surface area contributed by atoms with Crippen LogP contribution in [0.2, 0.25) is 0 Å². The first-order chi connectivity index (χ1) is 5.16. The fourth-order valence-electron chi connectivity index (χ4n) is 0.680. The summed E-state index contributed by atoms with van der Waals surface area (Å²) in [5, 5.41) is 0. The number of hydrogen-bond acceptors (Lipinski definition) is 3. The Hall–Kier alpha value is 0.570. The number of unbranched alkanes of at least 4 members (excludes halogenated alkanes) is 2. The molecule has 0 aliphatic heterocycles. The van der Waals surface area contributed by atoms with Gasteiger partial charge in [-0.3, -0.25) is 0 Å². The molecule has 0 aromatic carbocycles. The van der Waals surface area contributed by atoms with Crippen molar-refractivity contribution in [1.82, 2.24) is 0 Å². The van der Waals surface area contributed by atoms with E-state index in [9.17, 15) is 9.36 Å². The zero-order valence-electron chi connectivity index (χ0n) is 9.00. The molecule has 0 heterocycles. The fraction of sp³-hybridized carbons (Fsp3) is 0.857. The molecule has 0 bridgehead atoms. The summed E-state index contributed by atoms with van der Waals surface area (Å²) in [7, 11) is -1.73. The molecule has 0 amide bonds. The van der Waals surface area contributed by atoms with Gasteiger partial charge >= 0.3 is 43.6 Å². The quantitative estimate of drug-likeness (QED) is 0.345. The summed E-state index contributed by atoms with van der Waals surface area (Å²) in [6.07, 6.45) is 3.51. The van der Waals surface area contributed by atoms with E-state index in [4.69, 9.17) is 0 Å². The van der Waals surface area contributed by atoms with E-state index in [1.54, 1.807) is 0 Å². The van der Waals surface area contributed by atoms with Gasteiger partial charge in [0.25, 0.3) is 0 Å². The van der Waals surface area contributed by atoms with Gasteiger partial charge in [-0.15, -0.1) is 0 Å². The summed E-state index contributed by atoms with van der Waals surface area (Å²) in [4.78, 5) is 10.3. The fourth-order valence-corrected chi connectivity index (χ4v) is 1.54. The molecule has 5 heteroatoms. The summed E-state index contributed by atoms with van der Waals surface area (Å²) in [6.45, 7) is 3.34. The van der Waals surface area contributed by atoms with Crippen LogP contribution in [0.15, 0.2) is 0 Å². The van der Waals surface area contributed by atoms with E-state index < -0.39 is 14.0 Å². The summed E-state index contributed by atoms with van der Waals surface area (Å²) in [5.74, 6) is -0.456. The molecule has 12 heavy (non-hydrogen) atoms. The van der Waals surface area contributed by atoms with Gasteiger partial charge in [0.15, 0.2) is 6.16 Å². The Labute approximate surface area is 97.9 Å². The van der Waals surface area contributed by atoms with Gasteiger partial charge < -0.3 is 1.43 Å². The van der Waals surface area contributed by atoms with Crippen LogP contribution in [0.25, 0.3) is 0 Å². The maximum atomic E-state index is 10.8. The molecule has 0 saturated heterocycles. The van der Waals surface area contributed by atoms with Gasteiger partial charge in [-0.05, 0) is 17.4 Å². The molecule has 0 radical (unpaired) electrons. The summed E-state index contributed by atoms with van der Waals surface area (Å²) in [5.41, 5.74) is 0. The molecule has 1 unspecified atom stereocenters. The molecule has 0 aromatic rings. The van der Waals surface area contributed by atoms with Crippen molar-refractivity contribution >= 4 is 14.0 Å². The molecular weight excluding hydrogens is 186 g/mol. The van der Waals surface area contributed by atoms with Crippen LogP contribution in [-0.2, 0) is 13.9 Å². The van der Waals surface area contributed by atoms with Gasteiger partial charge in [0.05, 0.1) is 0 Å². The first-order valence-electron chi connectivity index (χ1n) is 3.80. The van der Waals surface area contributed by atoms with E-state index in [0.717, 1.165) is 19.3 Å². The molecule has 0 N–H and O–H groups in total. The molecule has 3 nitrogen and oxygen atoms in total. The van der Waals surface area contributed by atoms with E-state index in [1.165, 1.54) is 6.92 Å². The van der Waals surface area contributed by atoms with Crippen molar-refractivity contribution in [2.75, 3.05) is 6.16 Å². The molecule has 0 fully saturated rings. The normalized spacial score (nSPS) is 10.0. The van der Waals surface area contributed by atoms with Gasteiger partial charge in [0, 0.05) is 6.92 Å².